The van der Waals surface area contributed by atoms with Crippen molar-refractivity contribution >= 4 is 28.3 Å². The molecule has 6 heteroatoms. The molecule has 0 radical (unpaired) electrons. The fourth-order valence-corrected chi connectivity index (χ4v) is 3.26. The third kappa shape index (κ3) is 4.23. The van der Waals surface area contributed by atoms with Crippen LogP contribution in [0.2, 0.25) is 0 Å². The van der Waals surface area contributed by atoms with Gasteiger partial charge in [0, 0.05) is 27.7 Å². The number of anilines is 1. The molecule has 6 nitrogen and oxygen atoms in total. The predicted molar refractivity (Wildman–Crippen MR) is 119 cm³/mol. The molecule has 0 spiro atoms. The minimum Gasteiger partial charge on any atom is -0.464 e. The second-order valence-corrected chi connectivity index (χ2v) is 6.86. The number of benzene rings is 3. The number of pyridine rings is 1. The third-order valence-corrected chi connectivity index (χ3v) is 4.78. The van der Waals surface area contributed by atoms with Gasteiger partial charge in [0.1, 0.15) is 5.75 Å². The quantitative estimate of drug-likeness (QED) is 0.446. The van der Waals surface area contributed by atoms with Crippen LogP contribution in [0, 0.1) is 6.92 Å². The average molecular weight is 412 g/mol. The minimum atomic E-state index is -0.596. The Labute approximate surface area is 179 Å². The van der Waals surface area contributed by atoms with Gasteiger partial charge in [-0.15, -0.1) is 0 Å². The van der Waals surface area contributed by atoms with Crippen molar-refractivity contribution in [2.24, 2.45) is 0 Å². The number of aromatic nitrogens is 1. The van der Waals surface area contributed by atoms with Crippen molar-refractivity contribution in [3.05, 3.63) is 95.8 Å². The average Bonchev–Trinajstić information content (AvgIpc) is 2.81. The highest BCUT2D eigenvalue weighted by atomic mass is 16.5. The fourth-order valence-electron chi connectivity index (χ4n) is 3.26. The first-order valence-corrected chi connectivity index (χ1v) is 9.69. The summed E-state index contributed by atoms with van der Waals surface area (Å²) in [4.78, 5) is 29.5. The van der Waals surface area contributed by atoms with E-state index >= 15 is 0 Å². The second-order valence-electron chi connectivity index (χ2n) is 6.86. The number of esters is 1. The Morgan fingerprint density at radius 1 is 0.871 bits per heavy atom. The van der Waals surface area contributed by atoms with Crippen LogP contribution in [0.25, 0.3) is 10.8 Å². The molecule has 1 heterocycles. The standard InChI is InChI=1S/C25H20N2O4/c1-16-21-15-17(24(28)27-18-9-5-3-6-10-18)13-14-20(21)23(22(26-16)25(29)30-2)31-19-11-7-4-8-12-19/h3-15H,1-2H3,(H,27,28). The molecule has 3 aromatic carbocycles. The van der Waals surface area contributed by atoms with Gasteiger partial charge in [-0.1, -0.05) is 36.4 Å². The van der Waals surface area contributed by atoms with Crippen LogP contribution >= 0.6 is 0 Å². The molecule has 0 fully saturated rings. The van der Waals surface area contributed by atoms with Crippen molar-refractivity contribution in [1.29, 1.82) is 0 Å². The van der Waals surface area contributed by atoms with Gasteiger partial charge in [-0.2, -0.15) is 0 Å². The Hall–Kier alpha value is -4.19. The van der Waals surface area contributed by atoms with Gasteiger partial charge in [0.25, 0.3) is 5.91 Å². The zero-order valence-electron chi connectivity index (χ0n) is 17.1. The summed E-state index contributed by atoms with van der Waals surface area (Å²) in [6.45, 7) is 1.78. The first-order valence-electron chi connectivity index (χ1n) is 9.69. The molecule has 0 atom stereocenters. The molecule has 4 rings (SSSR count). The highest BCUT2D eigenvalue weighted by Crippen LogP contribution is 2.35. The van der Waals surface area contributed by atoms with Gasteiger partial charge in [-0.05, 0) is 49.4 Å². The Bertz CT molecular complexity index is 1260. The number of aryl methyl sites for hydroxylation is 1. The lowest BCUT2D eigenvalue weighted by Crippen LogP contribution is -2.12. The van der Waals surface area contributed by atoms with Crippen molar-refractivity contribution < 1.29 is 19.1 Å². The van der Waals surface area contributed by atoms with E-state index in [0.29, 0.717) is 33.5 Å². The smallest absolute Gasteiger partial charge is 0.360 e. The molecule has 31 heavy (non-hydrogen) atoms. The summed E-state index contributed by atoms with van der Waals surface area (Å²) in [6, 6.07) is 23.5. The summed E-state index contributed by atoms with van der Waals surface area (Å²) in [5.41, 5.74) is 1.84. The van der Waals surface area contributed by atoms with Crippen molar-refractivity contribution in [2.45, 2.75) is 6.92 Å². The summed E-state index contributed by atoms with van der Waals surface area (Å²) in [6.07, 6.45) is 0. The Morgan fingerprint density at radius 2 is 1.55 bits per heavy atom. The highest BCUT2D eigenvalue weighted by molar-refractivity contribution is 6.08. The highest BCUT2D eigenvalue weighted by Gasteiger charge is 2.22. The Kier molecular flexibility index (Phi) is 5.62. The van der Waals surface area contributed by atoms with Gasteiger partial charge in [-0.3, -0.25) is 4.79 Å². The van der Waals surface area contributed by atoms with Gasteiger partial charge < -0.3 is 14.8 Å². The summed E-state index contributed by atoms with van der Waals surface area (Å²) < 4.78 is 10.9. The number of para-hydroxylation sites is 2. The lowest BCUT2D eigenvalue weighted by molar-refractivity contribution is 0.0591. The number of rotatable bonds is 5. The van der Waals surface area contributed by atoms with Crippen molar-refractivity contribution in [1.82, 2.24) is 4.98 Å². The van der Waals surface area contributed by atoms with Gasteiger partial charge in [-0.25, -0.2) is 9.78 Å². The monoisotopic (exact) mass is 412 g/mol. The molecular formula is C25H20N2O4. The molecule has 1 aromatic heterocycles. The molecule has 4 aromatic rings. The molecule has 1 amide bonds. The van der Waals surface area contributed by atoms with Crippen LogP contribution in [0.15, 0.2) is 78.9 Å². The fraction of sp³-hybridized carbons (Fsp3) is 0.0800. The van der Waals surface area contributed by atoms with Crippen LogP contribution < -0.4 is 10.1 Å². The summed E-state index contributed by atoms with van der Waals surface area (Å²) in [7, 11) is 1.30. The van der Waals surface area contributed by atoms with Crippen molar-refractivity contribution in [3.8, 4) is 11.5 Å². The number of ether oxygens (including phenoxy) is 2. The summed E-state index contributed by atoms with van der Waals surface area (Å²) in [5, 5.41) is 4.24. The lowest BCUT2D eigenvalue weighted by Gasteiger charge is -2.15. The Balaban J connectivity index is 1.79. The number of nitrogens with one attached hydrogen (secondary N) is 1. The van der Waals surface area contributed by atoms with Crippen LogP contribution in [-0.4, -0.2) is 24.0 Å². The molecule has 1 N–H and O–H groups in total. The van der Waals surface area contributed by atoms with E-state index in [-0.39, 0.29) is 17.4 Å². The number of hydrogen-bond donors (Lipinski definition) is 1. The van der Waals surface area contributed by atoms with E-state index < -0.39 is 5.97 Å². The van der Waals surface area contributed by atoms with Crippen LogP contribution in [0.5, 0.6) is 11.5 Å². The maximum atomic E-state index is 12.7. The largest absolute Gasteiger partial charge is 0.464 e. The molecular weight excluding hydrogens is 392 g/mol. The van der Waals surface area contributed by atoms with E-state index in [2.05, 4.69) is 10.3 Å². The van der Waals surface area contributed by atoms with Crippen LogP contribution in [0.3, 0.4) is 0 Å². The van der Waals surface area contributed by atoms with Gasteiger partial charge >= 0.3 is 5.97 Å². The number of methoxy groups -OCH3 is 1. The van der Waals surface area contributed by atoms with Crippen molar-refractivity contribution in [3.63, 3.8) is 0 Å². The normalized spacial score (nSPS) is 10.5. The van der Waals surface area contributed by atoms with Gasteiger partial charge in [0.15, 0.2) is 11.4 Å². The topological polar surface area (TPSA) is 77.5 Å². The molecule has 0 saturated carbocycles. The van der Waals surface area contributed by atoms with Crippen LogP contribution in [0.4, 0.5) is 5.69 Å². The number of hydrogen-bond acceptors (Lipinski definition) is 5. The molecule has 0 saturated heterocycles. The zero-order valence-corrected chi connectivity index (χ0v) is 17.1. The van der Waals surface area contributed by atoms with Gasteiger partial charge in [0.05, 0.1) is 7.11 Å². The number of carbonyl (C=O) groups is 2. The third-order valence-electron chi connectivity index (χ3n) is 4.78. The SMILES string of the molecule is COC(=O)c1nc(C)c2cc(C(=O)Nc3ccccc3)ccc2c1Oc1ccccc1. The van der Waals surface area contributed by atoms with E-state index in [0.717, 1.165) is 0 Å². The molecule has 0 aliphatic rings. The number of fused-ring (bicyclic) bond motifs is 1. The van der Waals surface area contributed by atoms with Crippen LogP contribution in [-0.2, 0) is 4.74 Å². The number of carbonyl (C=O) groups excluding carboxylic acids is 2. The first-order chi connectivity index (χ1) is 15.1. The summed E-state index contributed by atoms with van der Waals surface area (Å²) >= 11 is 0. The van der Waals surface area contributed by atoms with E-state index in [1.807, 2.05) is 48.5 Å². The predicted octanol–water partition coefficient (Wildman–Crippen LogP) is 5.37. The maximum Gasteiger partial charge on any atom is 0.360 e. The first kappa shape index (κ1) is 20.1. The van der Waals surface area contributed by atoms with Crippen LogP contribution in [0.1, 0.15) is 26.5 Å². The van der Waals surface area contributed by atoms with Crippen molar-refractivity contribution in [2.75, 3.05) is 12.4 Å². The lowest BCUT2D eigenvalue weighted by atomic mass is 10.0. The number of nitrogens with zero attached hydrogens (tertiary/aromatic N) is 1. The van der Waals surface area contributed by atoms with Gasteiger partial charge in [0.2, 0.25) is 0 Å². The minimum absolute atomic E-state index is 0.0813. The number of amides is 1. The molecule has 0 bridgehead atoms. The van der Waals surface area contributed by atoms with E-state index in [1.165, 1.54) is 7.11 Å². The van der Waals surface area contributed by atoms with E-state index in [1.54, 1.807) is 37.3 Å². The van der Waals surface area contributed by atoms with E-state index in [9.17, 15) is 9.59 Å². The van der Waals surface area contributed by atoms with E-state index in [4.69, 9.17) is 9.47 Å². The maximum absolute atomic E-state index is 12.7. The molecule has 0 aliphatic heterocycles. The molecule has 154 valence electrons. The molecule has 0 aliphatic carbocycles. The zero-order chi connectivity index (χ0) is 21.8. The molecule has 0 unspecified atom stereocenters. The Morgan fingerprint density at radius 3 is 2.23 bits per heavy atom. The second kappa shape index (κ2) is 8.67. The summed E-state index contributed by atoms with van der Waals surface area (Å²) in [5.74, 6) is 0.0103.